The van der Waals surface area contributed by atoms with E-state index in [1.807, 2.05) is 0 Å². The van der Waals surface area contributed by atoms with Gasteiger partial charge in [-0.25, -0.2) is 4.90 Å². The minimum atomic E-state index is -0.318. The van der Waals surface area contributed by atoms with Gasteiger partial charge in [0.25, 0.3) is 11.8 Å². The number of esters is 1. The fraction of sp³-hybridized carbons (Fsp3) is 0.750. The van der Waals surface area contributed by atoms with Crippen LogP contribution in [0.4, 0.5) is 0 Å². The molecule has 5 nitrogen and oxygen atoms in total. The van der Waals surface area contributed by atoms with Crippen molar-refractivity contribution in [2.45, 2.75) is 64.2 Å². The normalized spacial score (nSPS) is 39.2. The van der Waals surface area contributed by atoms with Crippen LogP contribution in [0.5, 0.6) is 0 Å². The zero-order chi connectivity index (χ0) is 17.2. The molecule has 4 atom stereocenters. The van der Waals surface area contributed by atoms with Crippen LogP contribution >= 0.6 is 0 Å². The second kappa shape index (κ2) is 5.42. The van der Waals surface area contributed by atoms with Crippen molar-refractivity contribution < 1.29 is 19.1 Å². The van der Waals surface area contributed by atoms with Crippen LogP contribution in [0.2, 0.25) is 0 Å². The molecule has 0 unspecified atom stereocenters. The first kappa shape index (κ1) is 15.6. The number of amides is 2. The van der Waals surface area contributed by atoms with Crippen molar-refractivity contribution >= 4 is 17.8 Å². The molecule has 0 radical (unpaired) electrons. The van der Waals surface area contributed by atoms with Gasteiger partial charge in [0.2, 0.25) is 0 Å². The summed E-state index contributed by atoms with van der Waals surface area (Å²) in [4.78, 5) is 39.2. The van der Waals surface area contributed by atoms with Crippen LogP contribution < -0.4 is 0 Å². The van der Waals surface area contributed by atoms with Crippen molar-refractivity contribution in [2.75, 3.05) is 6.73 Å². The van der Waals surface area contributed by atoms with E-state index in [0.717, 1.165) is 49.8 Å². The summed E-state index contributed by atoms with van der Waals surface area (Å²) in [7, 11) is 0. The topological polar surface area (TPSA) is 63.7 Å². The number of ether oxygens (including phenoxy) is 1. The van der Waals surface area contributed by atoms with E-state index in [0.29, 0.717) is 41.7 Å². The molecule has 5 aliphatic rings. The lowest BCUT2D eigenvalue weighted by Gasteiger charge is -2.37. The summed E-state index contributed by atoms with van der Waals surface area (Å²) in [6, 6.07) is 0. The van der Waals surface area contributed by atoms with Crippen molar-refractivity contribution in [1.29, 1.82) is 0 Å². The summed E-state index contributed by atoms with van der Waals surface area (Å²) in [5, 5.41) is 0. The van der Waals surface area contributed by atoms with Gasteiger partial charge in [0.1, 0.15) is 0 Å². The van der Waals surface area contributed by atoms with Crippen LogP contribution in [-0.2, 0) is 19.1 Å². The van der Waals surface area contributed by atoms with Gasteiger partial charge < -0.3 is 4.74 Å². The molecule has 1 aliphatic heterocycles. The highest BCUT2D eigenvalue weighted by Crippen LogP contribution is 2.66. The smallest absolute Gasteiger partial charge is 0.314 e. The first-order chi connectivity index (χ1) is 12.1. The minimum Gasteiger partial charge on any atom is -0.443 e. The molecule has 0 aromatic rings. The SMILES string of the molecule is O=C1C2=C(CCCC2)C(=O)N1COC(=O)[C@@]12CCC[C@@H]1[C@@H]1CC[C@H]2C1. The van der Waals surface area contributed by atoms with Gasteiger partial charge in [0.15, 0.2) is 6.73 Å². The first-order valence-electron chi connectivity index (χ1n) is 9.88. The molecule has 1 heterocycles. The van der Waals surface area contributed by atoms with Gasteiger partial charge in [-0.05, 0) is 75.5 Å². The Hall–Kier alpha value is -1.65. The number of hydrogen-bond donors (Lipinski definition) is 0. The average molecular weight is 343 g/mol. The van der Waals surface area contributed by atoms with Crippen molar-refractivity contribution in [1.82, 2.24) is 4.90 Å². The number of hydrogen-bond acceptors (Lipinski definition) is 4. The Morgan fingerprint density at radius 2 is 1.76 bits per heavy atom. The van der Waals surface area contributed by atoms with Crippen molar-refractivity contribution in [3.05, 3.63) is 11.1 Å². The van der Waals surface area contributed by atoms with E-state index >= 15 is 0 Å². The molecule has 134 valence electrons. The van der Waals surface area contributed by atoms with E-state index < -0.39 is 0 Å². The predicted octanol–water partition coefficient (Wildman–Crippen LogP) is 2.94. The number of nitrogens with zero attached hydrogens (tertiary/aromatic N) is 1. The van der Waals surface area contributed by atoms with Gasteiger partial charge in [-0.15, -0.1) is 0 Å². The molecule has 0 N–H and O–H groups in total. The van der Waals surface area contributed by atoms with Crippen molar-refractivity contribution in [2.24, 2.45) is 23.2 Å². The van der Waals surface area contributed by atoms with Crippen molar-refractivity contribution in [3.8, 4) is 0 Å². The molecule has 5 heteroatoms. The lowest BCUT2D eigenvalue weighted by molar-refractivity contribution is -0.169. The Balaban J connectivity index is 1.30. The van der Waals surface area contributed by atoms with Crippen LogP contribution in [0.25, 0.3) is 0 Å². The maximum Gasteiger partial charge on any atom is 0.314 e. The highest BCUT2D eigenvalue weighted by molar-refractivity contribution is 6.19. The third-order valence-electron chi connectivity index (χ3n) is 7.72. The Bertz CT molecular complexity index is 668. The van der Waals surface area contributed by atoms with Gasteiger partial charge >= 0.3 is 5.97 Å². The van der Waals surface area contributed by atoms with Gasteiger partial charge in [-0.1, -0.05) is 6.42 Å². The van der Waals surface area contributed by atoms with E-state index in [4.69, 9.17) is 4.74 Å². The molecular weight excluding hydrogens is 318 g/mol. The highest BCUT2D eigenvalue weighted by atomic mass is 16.5. The van der Waals surface area contributed by atoms with E-state index in [9.17, 15) is 14.4 Å². The molecule has 5 rings (SSSR count). The Labute approximate surface area is 147 Å². The quantitative estimate of drug-likeness (QED) is 0.584. The zero-order valence-electron chi connectivity index (χ0n) is 14.6. The number of rotatable bonds is 3. The number of imide groups is 1. The standard InChI is InChI=1S/C20H25NO4/c22-17-14-4-1-2-5-15(14)18(23)21(17)11-25-19(24)20-9-3-6-16(20)12-7-8-13(20)10-12/h12-13,16H,1-11H2/t12-,13+,16-,20-/m1/s1. The fourth-order valence-electron chi connectivity index (χ4n) is 6.66. The molecule has 0 spiro atoms. The third-order valence-corrected chi connectivity index (χ3v) is 7.72. The van der Waals surface area contributed by atoms with Gasteiger partial charge in [-0.3, -0.25) is 14.4 Å². The predicted molar refractivity (Wildman–Crippen MR) is 88.9 cm³/mol. The molecule has 0 aromatic heterocycles. The molecule has 2 bridgehead atoms. The van der Waals surface area contributed by atoms with Crippen LogP contribution in [0.1, 0.15) is 64.2 Å². The van der Waals surface area contributed by atoms with E-state index in [-0.39, 0.29) is 29.9 Å². The van der Waals surface area contributed by atoms with Crippen LogP contribution in [-0.4, -0.2) is 29.4 Å². The highest BCUT2D eigenvalue weighted by Gasteiger charge is 2.64. The molecule has 3 fully saturated rings. The minimum absolute atomic E-state index is 0.146. The summed E-state index contributed by atoms with van der Waals surface area (Å²) >= 11 is 0. The maximum absolute atomic E-state index is 13.0. The van der Waals surface area contributed by atoms with Crippen LogP contribution in [0, 0.1) is 23.2 Å². The number of fused-ring (bicyclic) bond motifs is 5. The molecule has 2 amide bonds. The second-order valence-corrected chi connectivity index (χ2v) is 8.57. The summed E-state index contributed by atoms with van der Waals surface area (Å²) in [6.45, 7) is -0.199. The maximum atomic E-state index is 13.0. The summed E-state index contributed by atoms with van der Waals surface area (Å²) < 4.78 is 5.63. The monoisotopic (exact) mass is 343 g/mol. The molecule has 4 aliphatic carbocycles. The molecule has 3 saturated carbocycles. The molecule has 25 heavy (non-hydrogen) atoms. The lowest BCUT2D eigenvalue weighted by Crippen LogP contribution is -2.44. The Morgan fingerprint density at radius 1 is 1.04 bits per heavy atom. The van der Waals surface area contributed by atoms with Crippen LogP contribution in [0.15, 0.2) is 11.1 Å². The van der Waals surface area contributed by atoms with E-state index in [2.05, 4.69) is 0 Å². The van der Waals surface area contributed by atoms with Gasteiger partial charge in [-0.2, -0.15) is 0 Å². The number of carbonyl (C=O) groups is 3. The zero-order valence-corrected chi connectivity index (χ0v) is 14.6. The average Bonchev–Trinajstić information content (AvgIpc) is 3.36. The Kier molecular flexibility index (Phi) is 3.38. The summed E-state index contributed by atoms with van der Waals surface area (Å²) in [5.74, 6) is 0.988. The third kappa shape index (κ3) is 1.98. The Morgan fingerprint density at radius 3 is 2.48 bits per heavy atom. The molecule has 0 aromatic carbocycles. The molecule has 0 saturated heterocycles. The fourth-order valence-corrected chi connectivity index (χ4v) is 6.66. The van der Waals surface area contributed by atoms with Crippen LogP contribution in [0.3, 0.4) is 0 Å². The van der Waals surface area contributed by atoms with E-state index in [1.165, 1.54) is 6.42 Å². The molecular formula is C20H25NO4. The van der Waals surface area contributed by atoms with E-state index in [1.54, 1.807) is 0 Å². The van der Waals surface area contributed by atoms with Crippen molar-refractivity contribution in [3.63, 3.8) is 0 Å². The summed E-state index contributed by atoms with van der Waals surface area (Å²) in [6.07, 6.45) is 9.99. The summed E-state index contributed by atoms with van der Waals surface area (Å²) in [5.41, 5.74) is 0.996. The first-order valence-corrected chi connectivity index (χ1v) is 9.88. The second-order valence-electron chi connectivity index (χ2n) is 8.57. The lowest BCUT2D eigenvalue weighted by atomic mass is 9.68. The van der Waals surface area contributed by atoms with Gasteiger partial charge in [0, 0.05) is 11.1 Å². The largest absolute Gasteiger partial charge is 0.443 e. The van der Waals surface area contributed by atoms with Gasteiger partial charge in [0.05, 0.1) is 5.41 Å². The number of carbonyl (C=O) groups excluding carboxylic acids is 3.